The van der Waals surface area contributed by atoms with Crippen molar-refractivity contribution in [2.75, 3.05) is 13.6 Å². The van der Waals surface area contributed by atoms with Gasteiger partial charge in [-0.1, -0.05) is 26.0 Å². The highest BCUT2D eigenvalue weighted by molar-refractivity contribution is 5.86. The number of benzene rings is 1. The lowest BCUT2D eigenvalue weighted by atomic mass is 10.0. The van der Waals surface area contributed by atoms with Gasteiger partial charge in [-0.25, -0.2) is 0 Å². The van der Waals surface area contributed by atoms with E-state index >= 15 is 0 Å². The molecule has 0 fully saturated rings. The molecule has 0 aliphatic heterocycles. The number of ether oxygens (including phenoxy) is 1. The van der Waals surface area contributed by atoms with Crippen molar-refractivity contribution in [1.82, 2.24) is 4.90 Å². The number of rotatable bonds is 6. The van der Waals surface area contributed by atoms with E-state index in [0.717, 1.165) is 5.56 Å². The Labute approximate surface area is 119 Å². The van der Waals surface area contributed by atoms with Crippen LogP contribution in [0.2, 0.25) is 0 Å². The molecule has 20 heavy (non-hydrogen) atoms. The zero-order valence-corrected chi connectivity index (χ0v) is 12.4. The van der Waals surface area contributed by atoms with E-state index in [-0.39, 0.29) is 12.5 Å². The number of nitrogens with zero attached hydrogens (tertiary/aromatic N) is 1. The fourth-order valence-electron chi connectivity index (χ4n) is 1.82. The molecule has 5 heteroatoms. The van der Waals surface area contributed by atoms with Crippen molar-refractivity contribution in [1.29, 1.82) is 0 Å². The smallest absolute Gasteiger partial charge is 0.263 e. The summed E-state index contributed by atoms with van der Waals surface area (Å²) < 4.78 is 5.63. The average Bonchev–Trinajstić information content (AvgIpc) is 2.37. The van der Waals surface area contributed by atoms with Crippen molar-refractivity contribution in [3.63, 3.8) is 0 Å². The molecule has 1 atom stereocenters. The fourth-order valence-corrected chi connectivity index (χ4v) is 1.82. The molecule has 0 saturated heterocycles. The van der Waals surface area contributed by atoms with Crippen LogP contribution in [-0.2, 0) is 9.59 Å². The van der Waals surface area contributed by atoms with E-state index < -0.39 is 12.0 Å². The SMILES string of the molecule is CC(Oc1cccc(C(C)C)c1)C(=O)N(C)CC(N)=O. The summed E-state index contributed by atoms with van der Waals surface area (Å²) in [5.74, 6) is 0.209. The van der Waals surface area contributed by atoms with Gasteiger partial charge in [0.25, 0.3) is 5.91 Å². The molecule has 110 valence electrons. The van der Waals surface area contributed by atoms with Crippen LogP contribution in [0.25, 0.3) is 0 Å². The first-order valence-corrected chi connectivity index (χ1v) is 6.61. The summed E-state index contributed by atoms with van der Waals surface area (Å²) >= 11 is 0. The van der Waals surface area contributed by atoms with Crippen LogP contribution in [0.1, 0.15) is 32.3 Å². The zero-order chi connectivity index (χ0) is 15.3. The Morgan fingerprint density at radius 1 is 1.30 bits per heavy atom. The minimum absolute atomic E-state index is 0.113. The van der Waals surface area contributed by atoms with E-state index in [1.165, 1.54) is 11.9 Å². The largest absolute Gasteiger partial charge is 0.481 e. The first-order valence-electron chi connectivity index (χ1n) is 6.61. The number of carbonyl (C=O) groups is 2. The number of likely N-dealkylation sites (N-methyl/N-ethyl adjacent to an activating group) is 1. The van der Waals surface area contributed by atoms with Crippen molar-refractivity contribution in [2.24, 2.45) is 5.73 Å². The van der Waals surface area contributed by atoms with Crippen LogP contribution in [0.5, 0.6) is 5.75 Å². The molecular formula is C15H22N2O3. The lowest BCUT2D eigenvalue weighted by molar-refractivity contribution is -0.139. The molecule has 0 heterocycles. The molecule has 1 rings (SSSR count). The maximum absolute atomic E-state index is 12.0. The van der Waals surface area contributed by atoms with Crippen molar-refractivity contribution in [3.05, 3.63) is 29.8 Å². The summed E-state index contributed by atoms with van der Waals surface area (Å²) in [6, 6.07) is 7.64. The molecule has 0 aliphatic rings. The molecule has 2 N–H and O–H groups in total. The van der Waals surface area contributed by atoms with Gasteiger partial charge in [0.05, 0.1) is 6.54 Å². The van der Waals surface area contributed by atoms with Gasteiger partial charge in [0.1, 0.15) is 5.75 Å². The predicted octanol–water partition coefficient (Wildman–Crippen LogP) is 1.52. The maximum Gasteiger partial charge on any atom is 0.263 e. The van der Waals surface area contributed by atoms with Gasteiger partial charge >= 0.3 is 0 Å². The van der Waals surface area contributed by atoms with Gasteiger partial charge in [-0.15, -0.1) is 0 Å². The number of primary amides is 1. The molecule has 1 aromatic carbocycles. The molecule has 0 bridgehead atoms. The Morgan fingerprint density at radius 2 is 1.95 bits per heavy atom. The molecular weight excluding hydrogens is 256 g/mol. The van der Waals surface area contributed by atoms with E-state index in [2.05, 4.69) is 13.8 Å². The summed E-state index contributed by atoms with van der Waals surface area (Å²) in [6.45, 7) is 5.73. The second-order valence-electron chi connectivity index (χ2n) is 5.15. The fraction of sp³-hybridized carbons (Fsp3) is 0.467. The number of amides is 2. The average molecular weight is 278 g/mol. The third-order valence-electron chi connectivity index (χ3n) is 2.95. The maximum atomic E-state index is 12.0. The minimum atomic E-state index is -0.665. The Bertz CT molecular complexity index is 486. The second-order valence-corrected chi connectivity index (χ2v) is 5.15. The van der Waals surface area contributed by atoms with Gasteiger partial charge in [0.2, 0.25) is 5.91 Å². The van der Waals surface area contributed by atoms with Crippen molar-refractivity contribution in [2.45, 2.75) is 32.8 Å². The van der Waals surface area contributed by atoms with Gasteiger partial charge in [-0.3, -0.25) is 9.59 Å². The summed E-state index contributed by atoms with van der Waals surface area (Å²) in [4.78, 5) is 24.1. The van der Waals surface area contributed by atoms with Crippen LogP contribution in [-0.4, -0.2) is 36.4 Å². The number of nitrogens with two attached hydrogens (primary N) is 1. The van der Waals surface area contributed by atoms with Crippen LogP contribution in [0, 0.1) is 0 Å². The Hall–Kier alpha value is -2.04. The van der Waals surface area contributed by atoms with Crippen LogP contribution >= 0.6 is 0 Å². The van der Waals surface area contributed by atoms with Crippen LogP contribution in [0.15, 0.2) is 24.3 Å². The third kappa shape index (κ3) is 4.57. The van der Waals surface area contributed by atoms with Crippen LogP contribution in [0.4, 0.5) is 0 Å². The van der Waals surface area contributed by atoms with E-state index in [1.54, 1.807) is 6.92 Å². The molecule has 0 aromatic heterocycles. The summed E-state index contributed by atoms with van der Waals surface area (Å²) in [5, 5.41) is 0. The van der Waals surface area contributed by atoms with E-state index in [9.17, 15) is 9.59 Å². The monoisotopic (exact) mass is 278 g/mol. The van der Waals surface area contributed by atoms with Gasteiger partial charge < -0.3 is 15.4 Å². The van der Waals surface area contributed by atoms with Crippen LogP contribution in [0.3, 0.4) is 0 Å². The third-order valence-corrected chi connectivity index (χ3v) is 2.95. The quantitative estimate of drug-likeness (QED) is 0.857. The topological polar surface area (TPSA) is 72.6 Å². The van der Waals surface area contributed by atoms with Gasteiger partial charge in [-0.2, -0.15) is 0 Å². The molecule has 0 saturated carbocycles. The number of carbonyl (C=O) groups excluding carboxylic acids is 2. The van der Waals surface area contributed by atoms with Gasteiger partial charge in [0.15, 0.2) is 6.10 Å². The highest BCUT2D eigenvalue weighted by Gasteiger charge is 2.20. The van der Waals surface area contributed by atoms with E-state index in [4.69, 9.17) is 10.5 Å². The lowest BCUT2D eigenvalue weighted by Gasteiger charge is -2.21. The molecule has 2 amide bonds. The first kappa shape index (κ1) is 16.0. The Balaban J connectivity index is 2.70. The van der Waals surface area contributed by atoms with Crippen LogP contribution < -0.4 is 10.5 Å². The summed E-state index contributed by atoms with van der Waals surface area (Å²) in [7, 11) is 1.53. The molecule has 0 radical (unpaired) electrons. The van der Waals surface area contributed by atoms with Gasteiger partial charge in [0, 0.05) is 7.05 Å². The van der Waals surface area contributed by atoms with Crippen molar-refractivity contribution < 1.29 is 14.3 Å². The number of hydrogen-bond acceptors (Lipinski definition) is 3. The van der Waals surface area contributed by atoms with E-state index in [1.807, 2.05) is 24.3 Å². The molecule has 0 aliphatic carbocycles. The minimum Gasteiger partial charge on any atom is -0.481 e. The first-order chi connectivity index (χ1) is 9.31. The summed E-state index contributed by atoms with van der Waals surface area (Å²) in [6.07, 6.45) is -0.665. The molecule has 0 spiro atoms. The van der Waals surface area contributed by atoms with Gasteiger partial charge in [-0.05, 0) is 30.5 Å². The summed E-state index contributed by atoms with van der Waals surface area (Å²) in [5.41, 5.74) is 6.21. The highest BCUT2D eigenvalue weighted by atomic mass is 16.5. The Kier molecular flexibility index (Phi) is 5.55. The Morgan fingerprint density at radius 3 is 2.50 bits per heavy atom. The van der Waals surface area contributed by atoms with E-state index in [0.29, 0.717) is 11.7 Å². The lowest BCUT2D eigenvalue weighted by Crippen LogP contribution is -2.42. The molecule has 1 unspecified atom stereocenters. The molecule has 5 nitrogen and oxygen atoms in total. The standard InChI is InChI=1S/C15H22N2O3/c1-10(2)12-6-5-7-13(8-12)20-11(3)15(19)17(4)9-14(16)18/h5-8,10-11H,9H2,1-4H3,(H2,16,18). The zero-order valence-electron chi connectivity index (χ0n) is 12.4. The second kappa shape index (κ2) is 6.93. The predicted molar refractivity (Wildman–Crippen MR) is 77.5 cm³/mol. The normalized spacial score (nSPS) is 12.1. The molecule has 1 aromatic rings. The number of hydrogen-bond donors (Lipinski definition) is 1. The van der Waals surface area contributed by atoms with Crippen molar-refractivity contribution in [3.8, 4) is 5.75 Å². The van der Waals surface area contributed by atoms with Crippen molar-refractivity contribution >= 4 is 11.8 Å². The highest BCUT2D eigenvalue weighted by Crippen LogP contribution is 2.21.